The van der Waals surface area contributed by atoms with E-state index >= 15 is 0 Å². The van der Waals surface area contributed by atoms with E-state index in [0.29, 0.717) is 11.4 Å². The van der Waals surface area contributed by atoms with Crippen molar-refractivity contribution in [3.05, 3.63) is 59.4 Å². The number of nitrogens with one attached hydrogen (secondary N) is 1. The summed E-state index contributed by atoms with van der Waals surface area (Å²) in [6, 6.07) is 7.73. The molecule has 0 atom stereocenters. The molecule has 2 rings (SSSR count). The number of benzene rings is 2. The molecule has 0 radical (unpaired) electrons. The zero-order valence-corrected chi connectivity index (χ0v) is 11.7. The number of rotatable bonds is 5. The highest BCUT2D eigenvalue weighted by Crippen LogP contribution is 2.31. The maximum atomic E-state index is 13.6. The van der Waals surface area contributed by atoms with Gasteiger partial charge in [0.2, 0.25) is 0 Å². The highest BCUT2D eigenvalue weighted by molar-refractivity contribution is 7.99. The first-order valence-electron chi connectivity index (χ1n) is 6.21. The van der Waals surface area contributed by atoms with Gasteiger partial charge in [0.05, 0.1) is 4.90 Å². The quantitative estimate of drug-likeness (QED) is 0.880. The van der Waals surface area contributed by atoms with Crippen molar-refractivity contribution in [3.63, 3.8) is 0 Å². The van der Waals surface area contributed by atoms with Crippen LogP contribution in [0.2, 0.25) is 0 Å². The summed E-state index contributed by atoms with van der Waals surface area (Å²) in [5.74, 6) is -1.42. The smallest absolute Gasteiger partial charge is 0.137 e. The molecule has 2 aromatic carbocycles. The van der Waals surface area contributed by atoms with Gasteiger partial charge in [-0.3, -0.25) is 0 Å². The second kappa shape index (κ2) is 6.81. The number of hydrogen-bond acceptors (Lipinski definition) is 2. The molecule has 0 heterocycles. The SMILES string of the molecule is CCNCc1cc(F)cc(Sc2cc(F)ccc2F)c1. The number of halogens is 3. The summed E-state index contributed by atoms with van der Waals surface area (Å²) in [5.41, 5.74) is 0.770. The summed E-state index contributed by atoms with van der Waals surface area (Å²) in [5, 5.41) is 3.09. The Balaban J connectivity index is 2.24. The van der Waals surface area contributed by atoms with E-state index in [0.717, 1.165) is 42.1 Å². The topological polar surface area (TPSA) is 12.0 Å². The Hall–Kier alpha value is -1.46. The highest BCUT2D eigenvalue weighted by Gasteiger charge is 2.08. The third kappa shape index (κ3) is 4.02. The normalized spacial score (nSPS) is 10.8. The third-order valence-electron chi connectivity index (χ3n) is 2.63. The largest absolute Gasteiger partial charge is 0.313 e. The van der Waals surface area contributed by atoms with Gasteiger partial charge in [-0.05, 0) is 48.5 Å². The predicted molar refractivity (Wildman–Crippen MR) is 74.3 cm³/mol. The molecule has 0 saturated carbocycles. The van der Waals surface area contributed by atoms with E-state index in [1.807, 2.05) is 6.92 Å². The summed E-state index contributed by atoms with van der Waals surface area (Å²) in [4.78, 5) is 0.687. The lowest BCUT2D eigenvalue weighted by atomic mass is 10.2. The standard InChI is InChI=1S/C15H14F3NS/c1-2-19-9-10-5-12(17)7-13(6-10)20-15-8-11(16)3-4-14(15)18/h3-8,19H,2,9H2,1H3. The van der Waals surface area contributed by atoms with Crippen LogP contribution in [0.1, 0.15) is 12.5 Å². The second-order valence-electron chi connectivity index (χ2n) is 4.25. The monoisotopic (exact) mass is 297 g/mol. The lowest BCUT2D eigenvalue weighted by Crippen LogP contribution is -2.11. The Bertz CT molecular complexity index is 602. The molecule has 106 valence electrons. The molecule has 1 nitrogen and oxygen atoms in total. The van der Waals surface area contributed by atoms with Gasteiger partial charge in [-0.25, -0.2) is 13.2 Å². The van der Waals surface area contributed by atoms with E-state index in [1.165, 1.54) is 12.1 Å². The summed E-state index contributed by atoms with van der Waals surface area (Å²) in [7, 11) is 0. The molecule has 0 aliphatic carbocycles. The van der Waals surface area contributed by atoms with Gasteiger partial charge in [0.25, 0.3) is 0 Å². The van der Waals surface area contributed by atoms with Crippen molar-refractivity contribution in [3.8, 4) is 0 Å². The van der Waals surface area contributed by atoms with Crippen LogP contribution in [-0.4, -0.2) is 6.54 Å². The molecule has 0 aliphatic heterocycles. The Morgan fingerprint density at radius 2 is 1.80 bits per heavy atom. The molecule has 0 bridgehead atoms. The Morgan fingerprint density at radius 3 is 2.55 bits per heavy atom. The van der Waals surface area contributed by atoms with Gasteiger partial charge in [0.1, 0.15) is 17.5 Å². The van der Waals surface area contributed by atoms with Crippen LogP contribution in [-0.2, 0) is 6.54 Å². The molecule has 0 spiro atoms. The third-order valence-corrected chi connectivity index (χ3v) is 3.64. The average Bonchev–Trinajstić information content (AvgIpc) is 2.40. The molecule has 0 fully saturated rings. The van der Waals surface area contributed by atoms with Crippen molar-refractivity contribution in [1.82, 2.24) is 5.32 Å². The Labute approximate surface area is 120 Å². The van der Waals surface area contributed by atoms with Crippen LogP contribution in [0.4, 0.5) is 13.2 Å². The molecular weight excluding hydrogens is 283 g/mol. The van der Waals surface area contributed by atoms with E-state index in [2.05, 4.69) is 5.32 Å². The van der Waals surface area contributed by atoms with Crippen LogP contribution in [0.3, 0.4) is 0 Å². The second-order valence-corrected chi connectivity index (χ2v) is 5.37. The average molecular weight is 297 g/mol. The van der Waals surface area contributed by atoms with E-state index < -0.39 is 11.6 Å². The number of hydrogen-bond donors (Lipinski definition) is 1. The van der Waals surface area contributed by atoms with Crippen LogP contribution < -0.4 is 5.32 Å². The molecule has 20 heavy (non-hydrogen) atoms. The summed E-state index contributed by atoms with van der Waals surface area (Å²) in [6.07, 6.45) is 0. The van der Waals surface area contributed by atoms with Crippen LogP contribution >= 0.6 is 11.8 Å². The van der Waals surface area contributed by atoms with Crippen LogP contribution in [0.15, 0.2) is 46.2 Å². The molecule has 1 N–H and O–H groups in total. The van der Waals surface area contributed by atoms with E-state index in [-0.39, 0.29) is 10.7 Å². The molecule has 0 amide bonds. The van der Waals surface area contributed by atoms with Gasteiger partial charge in [0.15, 0.2) is 0 Å². The van der Waals surface area contributed by atoms with Crippen molar-refractivity contribution in [1.29, 1.82) is 0 Å². The fourth-order valence-corrected chi connectivity index (χ4v) is 2.71. The van der Waals surface area contributed by atoms with Crippen molar-refractivity contribution in [2.24, 2.45) is 0 Å². The summed E-state index contributed by atoms with van der Waals surface area (Å²) < 4.78 is 40.2. The highest BCUT2D eigenvalue weighted by atomic mass is 32.2. The zero-order chi connectivity index (χ0) is 14.5. The lowest BCUT2D eigenvalue weighted by molar-refractivity contribution is 0.577. The fourth-order valence-electron chi connectivity index (χ4n) is 1.73. The molecule has 0 saturated heterocycles. The lowest BCUT2D eigenvalue weighted by Gasteiger charge is -2.07. The minimum absolute atomic E-state index is 0.144. The first kappa shape index (κ1) is 14.9. The van der Waals surface area contributed by atoms with Crippen molar-refractivity contribution in [2.45, 2.75) is 23.3 Å². The molecule has 0 aromatic heterocycles. The Morgan fingerprint density at radius 1 is 1.00 bits per heavy atom. The molecular formula is C15H14F3NS. The fraction of sp³-hybridized carbons (Fsp3) is 0.200. The first-order chi connectivity index (χ1) is 9.58. The maximum absolute atomic E-state index is 13.6. The van der Waals surface area contributed by atoms with Crippen LogP contribution in [0.5, 0.6) is 0 Å². The van der Waals surface area contributed by atoms with E-state index in [1.54, 1.807) is 6.07 Å². The predicted octanol–water partition coefficient (Wildman–Crippen LogP) is 4.36. The van der Waals surface area contributed by atoms with Gasteiger partial charge >= 0.3 is 0 Å². The van der Waals surface area contributed by atoms with Gasteiger partial charge in [-0.2, -0.15) is 0 Å². The van der Waals surface area contributed by atoms with E-state index in [4.69, 9.17) is 0 Å². The minimum Gasteiger partial charge on any atom is -0.313 e. The van der Waals surface area contributed by atoms with Crippen molar-refractivity contribution < 1.29 is 13.2 Å². The molecule has 5 heteroatoms. The van der Waals surface area contributed by atoms with Crippen molar-refractivity contribution in [2.75, 3.05) is 6.54 Å². The first-order valence-corrected chi connectivity index (χ1v) is 7.03. The van der Waals surface area contributed by atoms with Crippen LogP contribution in [0, 0.1) is 17.5 Å². The summed E-state index contributed by atoms with van der Waals surface area (Å²) in [6.45, 7) is 3.27. The zero-order valence-electron chi connectivity index (χ0n) is 10.9. The van der Waals surface area contributed by atoms with Crippen molar-refractivity contribution >= 4 is 11.8 Å². The van der Waals surface area contributed by atoms with Gasteiger partial charge in [-0.15, -0.1) is 0 Å². The van der Waals surface area contributed by atoms with Crippen LogP contribution in [0.25, 0.3) is 0 Å². The van der Waals surface area contributed by atoms with E-state index in [9.17, 15) is 13.2 Å². The summed E-state index contributed by atoms with van der Waals surface area (Å²) >= 11 is 1.01. The molecule has 0 aliphatic rings. The van der Waals surface area contributed by atoms with Gasteiger partial charge < -0.3 is 5.32 Å². The Kier molecular flexibility index (Phi) is 5.09. The van der Waals surface area contributed by atoms with Gasteiger partial charge in [-0.1, -0.05) is 18.7 Å². The van der Waals surface area contributed by atoms with Gasteiger partial charge in [0, 0.05) is 11.4 Å². The minimum atomic E-state index is -0.520. The molecule has 2 aromatic rings. The molecule has 0 unspecified atom stereocenters. The maximum Gasteiger partial charge on any atom is 0.137 e.